The number of hydrogen-bond acceptors (Lipinski definition) is 3. The third kappa shape index (κ3) is 2.17. The number of rotatable bonds is 3. The average molecular weight is 195 g/mol. The van der Waals surface area contributed by atoms with Gasteiger partial charge in [-0.2, -0.15) is 0 Å². The molecule has 0 saturated heterocycles. The van der Waals surface area contributed by atoms with E-state index in [9.17, 15) is 9.18 Å². The van der Waals surface area contributed by atoms with Gasteiger partial charge in [0.1, 0.15) is 0 Å². The van der Waals surface area contributed by atoms with E-state index in [1.54, 1.807) is 12.2 Å². The Hall–Kier alpha value is -1.68. The molecule has 1 aromatic carbocycles. The van der Waals surface area contributed by atoms with Crippen molar-refractivity contribution in [3.8, 4) is 5.75 Å². The smallest absolute Gasteiger partial charge is 0.166 e. The van der Waals surface area contributed by atoms with Crippen LogP contribution < -0.4 is 5.73 Å². The highest BCUT2D eigenvalue weighted by atomic mass is 19.1. The number of phenols is 1. The highest BCUT2D eigenvalue weighted by molar-refractivity contribution is 5.80. The van der Waals surface area contributed by atoms with Crippen molar-refractivity contribution in [3.63, 3.8) is 0 Å². The summed E-state index contributed by atoms with van der Waals surface area (Å²) in [6, 6.07) is 2.52. The SMILES string of the molecule is NCC=Cc1cc(F)c(O)c(C=O)c1. The fraction of sp³-hybridized carbons (Fsp3) is 0.100. The monoisotopic (exact) mass is 195 g/mol. The van der Waals surface area contributed by atoms with Crippen LogP contribution in [0.15, 0.2) is 18.2 Å². The zero-order valence-electron chi connectivity index (χ0n) is 7.40. The Balaban J connectivity index is 3.16. The standard InChI is InChI=1S/C10H10FNO2/c11-9-5-7(2-1-3-12)4-8(6-13)10(9)14/h1-2,4-6,14H,3,12H2. The van der Waals surface area contributed by atoms with Crippen LogP contribution in [0.1, 0.15) is 15.9 Å². The van der Waals surface area contributed by atoms with Gasteiger partial charge >= 0.3 is 0 Å². The number of hydrogen-bond donors (Lipinski definition) is 2. The highest BCUT2D eigenvalue weighted by Gasteiger charge is 2.07. The van der Waals surface area contributed by atoms with Crippen LogP contribution >= 0.6 is 0 Å². The number of aromatic hydroxyl groups is 1. The van der Waals surface area contributed by atoms with Gasteiger partial charge in [0, 0.05) is 6.54 Å². The molecule has 3 nitrogen and oxygen atoms in total. The molecule has 0 aliphatic carbocycles. The molecule has 1 rings (SSSR count). The van der Waals surface area contributed by atoms with E-state index in [1.165, 1.54) is 6.07 Å². The molecule has 0 heterocycles. The minimum atomic E-state index is -0.814. The maximum absolute atomic E-state index is 13.0. The van der Waals surface area contributed by atoms with E-state index in [-0.39, 0.29) is 5.56 Å². The summed E-state index contributed by atoms with van der Waals surface area (Å²) in [6.45, 7) is 0.332. The fourth-order valence-corrected chi connectivity index (χ4v) is 1.03. The van der Waals surface area contributed by atoms with E-state index in [1.807, 2.05) is 0 Å². The summed E-state index contributed by atoms with van der Waals surface area (Å²) >= 11 is 0. The number of phenolic OH excluding ortho intramolecular Hbond substituents is 1. The largest absolute Gasteiger partial charge is 0.504 e. The predicted molar refractivity (Wildman–Crippen MR) is 51.5 cm³/mol. The van der Waals surface area contributed by atoms with Gasteiger partial charge in [0.15, 0.2) is 17.9 Å². The van der Waals surface area contributed by atoms with Crippen LogP contribution in [0, 0.1) is 5.82 Å². The van der Waals surface area contributed by atoms with Crippen molar-refractivity contribution < 1.29 is 14.3 Å². The Labute approximate surface area is 80.7 Å². The molecule has 74 valence electrons. The van der Waals surface area contributed by atoms with E-state index in [2.05, 4.69) is 0 Å². The number of nitrogens with two attached hydrogens (primary N) is 1. The van der Waals surface area contributed by atoms with Gasteiger partial charge in [-0.05, 0) is 17.7 Å². The molecule has 0 radical (unpaired) electrons. The second-order valence-electron chi connectivity index (χ2n) is 2.70. The second-order valence-corrected chi connectivity index (χ2v) is 2.70. The van der Waals surface area contributed by atoms with Gasteiger partial charge in [0.25, 0.3) is 0 Å². The molecule has 0 unspecified atom stereocenters. The normalized spacial score (nSPS) is 10.7. The van der Waals surface area contributed by atoms with Gasteiger partial charge in [-0.3, -0.25) is 4.79 Å². The van der Waals surface area contributed by atoms with Crippen LogP contribution in [0.3, 0.4) is 0 Å². The second kappa shape index (κ2) is 4.53. The first-order valence-electron chi connectivity index (χ1n) is 4.03. The van der Waals surface area contributed by atoms with Crippen LogP contribution in [0.5, 0.6) is 5.75 Å². The van der Waals surface area contributed by atoms with Crippen molar-refractivity contribution in [2.45, 2.75) is 0 Å². The number of halogens is 1. The molecule has 14 heavy (non-hydrogen) atoms. The molecule has 0 aliphatic rings. The summed E-state index contributed by atoms with van der Waals surface area (Å²) < 4.78 is 13.0. The van der Waals surface area contributed by atoms with Gasteiger partial charge in [0.05, 0.1) is 5.56 Å². The Morgan fingerprint density at radius 3 is 2.79 bits per heavy atom. The predicted octanol–water partition coefficient (Wildman–Crippen LogP) is 1.32. The first-order chi connectivity index (χ1) is 6.69. The lowest BCUT2D eigenvalue weighted by atomic mass is 10.1. The Bertz CT molecular complexity index is 375. The number of carbonyl (C=O) groups is 1. The van der Waals surface area contributed by atoms with Crippen molar-refractivity contribution in [3.05, 3.63) is 35.2 Å². The Morgan fingerprint density at radius 2 is 2.21 bits per heavy atom. The van der Waals surface area contributed by atoms with Crippen LogP contribution in [-0.4, -0.2) is 17.9 Å². The summed E-state index contributed by atoms with van der Waals surface area (Å²) in [7, 11) is 0. The molecule has 4 heteroatoms. The maximum Gasteiger partial charge on any atom is 0.166 e. The first-order valence-corrected chi connectivity index (χ1v) is 4.03. The van der Waals surface area contributed by atoms with E-state index < -0.39 is 11.6 Å². The molecule has 0 spiro atoms. The van der Waals surface area contributed by atoms with Crippen molar-refractivity contribution in [2.24, 2.45) is 5.73 Å². The Morgan fingerprint density at radius 1 is 1.50 bits per heavy atom. The lowest BCUT2D eigenvalue weighted by Gasteiger charge is -2.00. The van der Waals surface area contributed by atoms with Crippen molar-refractivity contribution in [2.75, 3.05) is 6.54 Å². The van der Waals surface area contributed by atoms with Crippen LogP contribution in [0.4, 0.5) is 4.39 Å². The zero-order valence-corrected chi connectivity index (χ0v) is 7.40. The molecule has 0 aliphatic heterocycles. The van der Waals surface area contributed by atoms with E-state index in [4.69, 9.17) is 10.8 Å². The average Bonchev–Trinajstić information content (AvgIpc) is 2.19. The molecule has 0 atom stereocenters. The topological polar surface area (TPSA) is 63.3 Å². The molecular formula is C10H10FNO2. The summed E-state index contributed by atoms with van der Waals surface area (Å²) in [4.78, 5) is 10.4. The first kappa shape index (κ1) is 10.4. The summed E-state index contributed by atoms with van der Waals surface area (Å²) in [6.07, 6.45) is 3.61. The summed E-state index contributed by atoms with van der Waals surface area (Å²) in [5.41, 5.74) is 5.64. The number of aldehydes is 1. The lowest BCUT2D eigenvalue weighted by Crippen LogP contribution is -1.93. The van der Waals surface area contributed by atoms with Crippen LogP contribution in [0.2, 0.25) is 0 Å². The highest BCUT2D eigenvalue weighted by Crippen LogP contribution is 2.22. The molecule has 3 N–H and O–H groups in total. The molecule has 0 saturated carbocycles. The van der Waals surface area contributed by atoms with Gasteiger partial charge in [-0.15, -0.1) is 0 Å². The quantitative estimate of drug-likeness (QED) is 0.715. The zero-order chi connectivity index (χ0) is 10.6. The number of benzene rings is 1. The van der Waals surface area contributed by atoms with Gasteiger partial charge < -0.3 is 10.8 Å². The van der Waals surface area contributed by atoms with E-state index in [0.717, 1.165) is 6.07 Å². The molecular weight excluding hydrogens is 185 g/mol. The van der Waals surface area contributed by atoms with Crippen molar-refractivity contribution in [1.82, 2.24) is 0 Å². The minimum Gasteiger partial charge on any atom is -0.504 e. The van der Waals surface area contributed by atoms with Crippen molar-refractivity contribution in [1.29, 1.82) is 0 Å². The molecule has 0 bridgehead atoms. The van der Waals surface area contributed by atoms with E-state index >= 15 is 0 Å². The molecule has 0 amide bonds. The van der Waals surface area contributed by atoms with Gasteiger partial charge in [-0.25, -0.2) is 4.39 Å². The van der Waals surface area contributed by atoms with Crippen molar-refractivity contribution >= 4 is 12.4 Å². The summed E-state index contributed by atoms with van der Waals surface area (Å²) in [5.74, 6) is -1.43. The van der Waals surface area contributed by atoms with Crippen LogP contribution in [-0.2, 0) is 0 Å². The lowest BCUT2D eigenvalue weighted by molar-refractivity contribution is 0.112. The Kier molecular flexibility index (Phi) is 3.36. The van der Waals surface area contributed by atoms with E-state index in [0.29, 0.717) is 18.4 Å². The third-order valence-corrected chi connectivity index (χ3v) is 1.69. The minimum absolute atomic E-state index is 0.0679. The molecule has 0 fully saturated rings. The van der Waals surface area contributed by atoms with Gasteiger partial charge in [-0.1, -0.05) is 12.2 Å². The number of carbonyl (C=O) groups excluding carboxylic acids is 1. The molecule has 1 aromatic rings. The summed E-state index contributed by atoms with van der Waals surface area (Å²) in [5, 5.41) is 9.09. The molecule has 0 aromatic heterocycles. The maximum atomic E-state index is 13.0. The third-order valence-electron chi connectivity index (χ3n) is 1.69. The van der Waals surface area contributed by atoms with Crippen LogP contribution in [0.25, 0.3) is 6.08 Å². The van der Waals surface area contributed by atoms with Gasteiger partial charge in [0.2, 0.25) is 0 Å². The fourth-order valence-electron chi connectivity index (χ4n) is 1.03.